The van der Waals surface area contributed by atoms with E-state index in [-0.39, 0.29) is 42.9 Å². The highest BCUT2D eigenvalue weighted by Gasteiger charge is 2.41. The number of nitrogens with two attached hydrogens (primary N) is 1. The van der Waals surface area contributed by atoms with Crippen LogP contribution in [-0.4, -0.2) is 48.7 Å². The number of rotatable bonds is 3. The first-order valence-electron chi connectivity index (χ1n) is 9.17. The number of halogens is 4. The number of nitrogens with one attached hydrogen (secondary N) is 1. The molecule has 146 valence electrons. The highest BCUT2D eigenvalue weighted by atomic mass is 35.5. The Labute approximate surface area is 153 Å². The molecule has 8 heteroatoms. The Kier molecular flexibility index (Phi) is 7.01. The van der Waals surface area contributed by atoms with Gasteiger partial charge in [0.25, 0.3) is 0 Å². The summed E-state index contributed by atoms with van der Waals surface area (Å²) >= 11 is 0. The molecular formula is C17H29ClF3N3O. The van der Waals surface area contributed by atoms with Crippen LogP contribution in [0.4, 0.5) is 13.2 Å². The largest absolute Gasteiger partial charge is 0.401 e. The fourth-order valence-electron chi connectivity index (χ4n) is 4.97. The molecule has 1 amide bonds. The quantitative estimate of drug-likeness (QED) is 0.787. The Morgan fingerprint density at radius 2 is 1.76 bits per heavy atom. The average Bonchev–Trinajstić information content (AvgIpc) is 2.46. The van der Waals surface area contributed by atoms with E-state index in [4.69, 9.17) is 5.73 Å². The minimum absolute atomic E-state index is 0. The number of fused-ring (bicyclic) bond motifs is 2. The van der Waals surface area contributed by atoms with Gasteiger partial charge < -0.3 is 11.1 Å². The minimum atomic E-state index is -4.20. The van der Waals surface area contributed by atoms with Crippen LogP contribution in [0, 0.1) is 17.8 Å². The third-order valence-corrected chi connectivity index (χ3v) is 5.96. The highest BCUT2D eigenvalue weighted by Crippen LogP contribution is 2.40. The summed E-state index contributed by atoms with van der Waals surface area (Å²) in [7, 11) is 0. The number of hydrogen-bond donors (Lipinski definition) is 2. The molecule has 2 saturated carbocycles. The Hall–Kier alpha value is -0.530. The van der Waals surface area contributed by atoms with E-state index in [1.165, 1.54) is 11.3 Å². The second-order valence-electron chi connectivity index (χ2n) is 7.91. The number of nitrogens with zero attached hydrogens (tertiary/aromatic N) is 1. The van der Waals surface area contributed by atoms with Crippen molar-refractivity contribution in [3.8, 4) is 0 Å². The lowest BCUT2D eigenvalue weighted by Crippen LogP contribution is -2.56. The van der Waals surface area contributed by atoms with Crippen molar-refractivity contribution >= 4 is 18.3 Å². The van der Waals surface area contributed by atoms with Crippen LogP contribution in [0.15, 0.2) is 0 Å². The Morgan fingerprint density at radius 3 is 2.36 bits per heavy atom. The Morgan fingerprint density at radius 1 is 1.12 bits per heavy atom. The molecule has 1 saturated heterocycles. The van der Waals surface area contributed by atoms with Crippen LogP contribution in [-0.2, 0) is 4.79 Å². The fourth-order valence-corrected chi connectivity index (χ4v) is 4.97. The summed E-state index contributed by atoms with van der Waals surface area (Å²) in [6, 6.07) is 0.398. The highest BCUT2D eigenvalue weighted by molar-refractivity contribution is 5.85. The normalized spacial score (nSPS) is 36.4. The number of likely N-dealkylation sites (tertiary alicyclic amines) is 1. The van der Waals surface area contributed by atoms with Crippen LogP contribution in [0.5, 0.6) is 0 Å². The molecule has 3 fully saturated rings. The summed E-state index contributed by atoms with van der Waals surface area (Å²) in [5, 5.41) is 3.19. The van der Waals surface area contributed by atoms with Gasteiger partial charge in [0.05, 0.1) is 12.5 Å². The predicted octanol–water partition coefficient (Wildman–Crippen LogP) is 2.70. The molecule has 3 atom stereocenters. The third-order valence-electron chi connectivity index (χ3n) is 5.96. The van der Waals surface area contributed by atoms with Crippen molar-refractivity contribution in [2.45, 2.75) is 63.2 Å². The van der Waals surface area contributed by atoms with Gasteiger partial charge in [-0.05, 0) is 56.9 Å². The second-order valence-corrected chi connectivity index (χ2v) is 7.91. The first kappa shape index (κ1) is 20.8. The van der Waals surface area contributed by atoms with E-state index in [0.717, 1.165) is 25.7 Å². The molecule has 3 N–H and O–H groups in total. The van der Waals surface area contributed by atoms with Crippen LogP contribution in [0.1, 0.15) is 44.9 Å². The van der Waals surface area contributed by atoms with Crippen molar-refractivity contribution in [3.05, 3.63) is 0 Å². The summed E-state index contributed by atoms with van der Waals surface area (Å²) in [5.74, 6) is 0.495. The van der Waals surface area contributed by atoms with Crippen molar-refractivity contribution in [2.24, 2.45) is 23.5 Å². The molecule has 0 aromatic carbocycles. The monoisotopic (exact) mass is 383 g/mol. The minimum Gasteiger partial charge on any atom is -0.353 e. The van der Waals surface area contributed by atoms with Crippen molar-refractivity contribution < 1.29 is 18.0 Å². The molecule has 3 rings (SSSR count). The van der Waals surface area contributed by atoms with Gasteiger partial charge in [-0.25, -0.2) is 0 Å². The molecule has 4 nitrogen and oxygen atoms in total. The lowest BCUT2D eigenvalue weighted by atomic mass is 9.67. The van der Waals surface area contributed by atoms with E-state index < -0.39 is 12.7 Å². The number of carbonyl (C=O) groups is 1. The van der Waals surface area contributed by atoms with E-state index in [0.29, 0.717) is 31.2 Å². The van der Waals surface area contributed by atoms with Gasteiger partial charge in [0.1, 0.15) is 0 Å². The van der Waals surface area contributed by atoms with Gasteiger partial charge in [0.2, 0.25) is 5.91 Å². The molecule has 0 spiro atoms. The summed E-state index contributed by atoms with van der Waals surface area (Å²) in [4.78, 5) is 14.0. The zero-order valence-electron chi connectivity index (χ0n) is 14.4. The van der Waals surface area contributed by atoms with Gasteiger partial charge in [0, 0.05) is 18.6 Å². The standard InChI is InChI=1S/C17H28F3N3O.ClH/c18-17(19,20)10-23-6-2-5-13(9-23)16(24)22-15-11-3-1-4-12(15)8-14(21)7-11;/h11-15H,1-10,21H2,(H,22,24);1H. The molecule has 0 radical (unpaired) electrons. The number of piperidine rings is 1. The molecule has 2 aliphatic carbocycles. The zero-order valence-corrected chi connectivity index (χ0v) is 15.2. The third kappa shape index (κ3) is 5.47. The van der Waals surface area contributed by atoms with Crippen LogP contribution in [0.3, 0.4) is 0 Å². The van der Waals surface area contributed by atoms with E-state index in [9.17, 15) is 18.0 Å². The van der Waals surface area contributed by atoms with Crippen molar-refractivity contribution in [1.82, 2.24) is 10.2 Å². The molecule has 3 unspecified atom stereocenters. The maximum atomic E-state index is 12.6. The van der Waals surface area contributed by atoms with Crippen molar-refractivity contribution in [1.29, 1.82) is 0 Å². The smallest absolute Gasteiger partial charge is 0.353 e. The maximum Gasteiger partial charge on any atom is 0.401 e. The molecule has 25 heavy (non-hydrogen) atoms. The van der Waals surface area contributed by atoms with Crippen LogP contribution < -0.4 is 11.1 Å². The average molecular weight is 384 g/mol. The zero-order chi connectivity index (χ0) is 17.3. The van der Waals surface area contributed by atoms with E-state index in [1.807, 2.05) is 0 Å². The number of hydrogen-bond acceptors (Lipinski definition) is 3. The lowest BCUT2D eigenvalue weighted by Gasteiger charge is -2.46. The van der Waals surface area contributed by atoms with E-state index >= 15 is 0 Å². The SMILES string of the molecule is Cl.NC1CC2CCCC(C1)C2NC(=O)C1CCCN(CC(F)(F)F)C1. The van der Waals surface area contributed by atoms with Crippen LogP contribution in [0.2, 0.25) is 0 Å². The summed E-state index contributed by atoms with van der Waals surface area (Å²) in [6.07, 6.45) is 2.42. The first-order valence-corrected chi connectivity index (χ1v) is 9.17. The molecular weight excluding hydrogens is 355 g/mol. The van der Waals surface area contributed by atoms with Crippen molar-refractivity contribution in [2.75, 3.05) is 19.6 Å². The van der Waals surface area contributed by atoms with Gasteiger partial charge in [0.15, 0.2) is 0 Å². The molecule has 0 aromatic heterocycles. The number of alkyl halides is 3. The van der Waals surface area contributed by atoms with Gasteiger partial charge >= 0.3 is 6.18 Å². The predicted molar refractivity (Wildman–Crippen MR) is 92.4 cm³/mol. The topological polar surface area (TPSA) is 58.4 Å². The van der Waals surface area contributed by atoms with Crippen LogP contribution in [0.25, 0.3) is 0 Å². The Balaban J connectivity index is 0.00000225. The van der Waals surface area contributed by atoms with Gasteiger partial charge in [-0.2, -0.15) is 13.2 Å². The molecule has 1 heterocycles. The summed E-state index contributed by atoms with van der Waals surface area (Å²) < 4.78 is 37.7. The lowest BCUT2D eigenvalue weighted by molar-refractivity contribution is -0.152. The maximum absolute atomic E-state index is 12.6. The second kappa shape index (κ2) is 8.44. The molecule has 0 aromatic rings. The Bertz CT molecular complexity index is 449. The number of carbonyl (C=O) groups excluding carboxylic acids is 1. The summed E-state index contributed by atoms with van der Waals surface area (Å²) in [6.45, 7) is -0.278. The molecule has 1 aliphatic heterocycles. The molecule has 3 aliphatic rings. The first-order chi connectivity index (χ1) is 11.3. The van der Waals surface area contributed by atoms with Crippen LogP contribution >= 0.6 is 12.4 Å². The molecule has 2 bridgehead atoms. The van der Waals surface area contributed by atoms with Gasteiger partial charge in [-0.3, -0.25) is 9.69 Å². The fraction of sp³-hybridized carbons (Fsp3) is 0.941. The summed E-state index contributed by atoms with van der Waals surface area (Å²) in [5.41, 5.74) is 6.11. The number of amides is 1. The van der Waals surface area contributed by atoms with E-state index in [1.54, 1.807) is 0 Å². The van der Waals surface area contributed by atoms with E-state index in [2.05, 4.69) is 5.32 Å². The van der Waals surface area contributed by atoms with Gasteiger partial charge in [-0.15, -0.1) is 12.4 Å². The van der Waals surface area contributed by atoms with Crippen molar-refractivity contribution in [3.63, 3.8) is 0 Å². The van der Waals surface area contributed by atoms with Gasteiger partial charge in [-0.1, -0.05) is 6.42 Å².